The molecule has 0 bridgehead atoms. The van der Waals surface area contributed by atoms with Gasteiger partial charge in [0.15, 0.2) is 11.5 Å². The molecule has 1 N–H and O–H groups in total. The van der Waals surface area contributed by atoms with E-state index in [1.165, 1.54) is 0 Å². The Morgan fingerprint density at radius 3 is 2.34 bits per heavy atom. The Kier molecular flexibility index (Phi) is 6.78. The van der Waals surface area contributed by atoms with Crippen molar-refractivity contribution in [2.24, 2.45) is 0 Å². The van der Waals surface area contributed by atoms with E-state index in [4.69, 9.17) is 14.2 Å². The minimum Gasteiger partial charge on any atom is -0.504 e. The van der Waals surface area contributed by atoms with Crippen LogP contribution >= 0.6 is 0 Å². The van der Waals surface area contributed by atoms with Gasteiger partial charge in [0.2, 0.25) is 0 Å². The number of para-hydroxylation sites is 1. The summed E-state index contributed by atoms with van der Waals surface area (Å²) in [6.45, 7) is 7.61. The van der Waals surface area contributed by atoms with Gasteiger partial charge in [0.25, 0.3) is 0 Å². The van der Waals surface area contributed by atoms with E-state index in [9.17, 15) is 5.11 Å². The number of phenolic OH excluding ortho intramolecular Hbond substituents is 1. The number of rotatable bonds is 9. The average Bonchev–Trinajstić information content (AvgIpc) is 2.70. The van der Waals surface area contributed by atoms with Gasteiger partial charge in [-0.1, -0.05) is 50.2 Å². The molecular weight excluding hydrogens is 364 g/mol. The minimum absolute atomic E-state index is 0.156. The van der Waals surface area contributed by atoms with E-state index in [1.54, 1.807) is 12.1 Å². The molecular formula is C25H28O4. The lowest BCUT2D eigenvalue weighted by atomic mass is 9.85. The maximum Gasteiger partial charge on any atom is 0.160 e. The standard InChI is InChI=1S/C25H28O4/c1-4-28-24-14-13-20(16-23(24)26)25(2,3)18-27-17-19-9-8-12-22(15-19)29-21-10-6-5-7-11-21/h5-16,26H,4,17-18H2,1-3H3. The first-order valence-corrected chi connectivity index (χ1v) is 9.84. The van der Waals surface area contributed by atoms with Crippen LogP contribution in [-0.2, 0) is 16.8 Å². The summed E-state index contributed by atoms with van der Waals surface area (Å²) < 4.78 is 17.3. The van der Waals surface area contributed by atoms with Gasteiger partial charge in [0.1, 0.15) is 11.5 Å². The van der Waals surface area contributed by atoms with Crippen molar-refractivity contribution >= 4 is 0 Å². The third-order valence-electron chi connectivity index (χ3n) is 4.65. The van der Waals surface area contributed by atoms with E-state index in [1.807, 2.05) is 67.6 Å². The van der Waals surface area contributed by atoms with Gasteiger partial charge in [0.05, 0.1) is 19.8 Å². The zero-order chi connectivity index (χ0) is 20.7. The van der Waals surface area contributed by atoms with E-state index in [0.29, 0.717) is 25.6 Å². The fourth-order valence-corrected chi connectivity index (χ4v) is 3.05. The molecule has 152 valence electrons. The average molecular weight is 392 g/mol. The number of hydrogen-bond donors (Lipinski definition) is 1. The van der Waals surface area contributed by atoms with Gasteiger partial charge in [-0.05, 0) is 54.4 Å². The highest BCUT2D eigenvalue weighted by Crippen LogP contribution is 2.33. The summed E-state index contributed by atoms with van der Waals surface area (Å²) in [6.07, 6.45) is 0. The highest BCUT2D eigenvalue weighted by Gasteiger charge is 2.22. The molecule has 4 nitrogen and oxygen atoms in total. The molecule has 0 saturated carbocycles. The second-order valence-electron chi connectivity index (χ2n) is 7.55. The molecule has 0 aliphatic heterocycles. The van der Waals surface area contributed by atoms with Crippen LogP contribution in [0, 0.1) is 0 Å². The molecule has 0 fully saturated rings. The van der Waals surface area contributed by atoms with E-state index in [0.717, 1.165) is 22.6 Å². The van der Waals surface area contributed by atoms with Crippen LogP contribution < -0.4 is 9.47 Å². The lowest BCUT2D eigenvalue weighted by Crippen LogP contribution is -2.24. The predicted molar refractivity (Wildman–Crippen MR) is 115 cm³/mol. The van der Waals surface area contributed by atoms with E-state index >= 15 is 0 Å². The van der Waals surface area contributed by atoms with Crippen LogP contribution in [0.25, 0.3) is 0 Å². The molecule has 0 amide bonds. The van der Waals surface area contributed by atoms with Gasteiger partial charge in [-0.3, -0.25) is 0 Å². The topological polar surface area (TPSA) is 47.9 Å². The van der Waals surface area contributed by atoms with E-state index in [-0.39, 0.29) is 11.2 Å². The van der Waals surface area contributed by atoms with E-state index in [2.05, 4.69) is 13.8 Å². The minimum atomic E-state index is -0.250. The maximum atomic E-state index is 10.2. The quantitative estimate of drug-likeness (QED) is 0.479. The smallest absolute Gasteiger partial charge is 0.160 e. The van der Waals surface area contributed by atoms with Gasteiger partial charge < -0.3 is 19.3 Å². The Hall–Kier alpha value is -2.98. The van der Waals surface area contributed by atoms with Gasteiger partial charge in [0, 0.05) is 5.41 Å². The summed E-state index contributed by atoms with van der Waals surface area (Å²) in [5, 5.41) is 10.2. The molecule has 0 atom stereocenters. The van der Waals surface area contributed by atoms with Crippen molar-refractivity contribution in [2.75, 3.05) is 13.2 Å². The first-order chi connectivity index (χ1) is 14.0. The molecule has 0 aliphatic rings. The van der Waals surface area contributed by atoms with Crippen molar-refractivity contribution in [3.63, 3.8) is 0 Å². The zero-order valence-electron chi connectivity index (χ0n) is 17.2. The molecule has 0 aromatic heterocycles. The Morgan fingerprint density at radius 2 is 1.62 bits per heavy atom. The summed E-state index contributed by atoms with van der Waals surface area (Å²) in [6, 6.07) is 23.2. The normalized spacial score (nSPS) is 11.3. The Morgan fingerprint density at radius 1 is 0.862 bits per heavy atom. The molecule has 4 heteroatoms. The summed E-state index contributed by atoms with van der Waals surface area (Å²) in [5.74, 6) is 2.25. The third kappa shape index (κ3) is 5.75. The molecule has 3 aromatic carbocycles. The summed E-state index contributed by atoms with van der Waals surface area (Å²) in [5.41, 5.74) is 1.80. The van der Waals surface area contributed by atoms with Crippen LogP contribution in [0.3, 0.4) is 0 Å². The first kappa shape index (κ1) is 20.7. The van der Waals surface area contributed by atoms with Gasteiger partial charge >= 0.3 is 0 Å². The summed E-state index contributed by atoms with van der Waals surface area (Å²) in [7, 11) is 0. The van der Waals surface area contributed by atoms with Gasteiger partial charge in [-0.25, -0.2) is 0 Å². The highest BCUT2D eigenvalue weighted by molar-refractivity contribution is 5.44. The lowest BCUT2D eigenvalue weighted by Gasteiger charge is -2.25. The Balaban J connectivity index is 1.59. The fourth-order valence-electron chi connectivity index (χ4n) is 3.05. The van der Waals surface area contributed by atoms with Gasteiger partial charge in [-0.15, -0.1) is 0 Å². The fraction of sp³-hybridized carbons (Fsp3) is 0.280. The largest absolute Gasteiger partial charge is 0.504 e. The predicted octanol–water partition coefficient (Wildman–Crippen LogP) is 6.08. The SMILES string of the molecule is CCOc1ccc(C(C)(C)COCc2cccc(Oc3ccccc3)c2)cc1O. The van der Waals surface area contributed by atoms with Crippen LogP contribution in [0.4, 0.5) is 0 Å². The van der Waals surface area contributed by atoms with Crippen LogP contribution in [-0.4, -0.2) is 18.3 Å². The molecule has 0 unspecified atom stereocenters. The van der Waals surface area contributed by atoms with Crippen molar-refractivity contribution in [3.05, 3.63) is 83.9 Å². The highest BCUT2D eigenvalue weighted by atomic mass is 16.5. The molecule has 0 heterocycles. The molecule has 0 radical (unpaired) electrons. The summed E-state index contributed by atoms with van der Waals surface area (Å²) >= 11 is 0. The number of hydrogen-bond acceptors (Lipinski definition) is 4. The Bertz CT molecular complexity index is 919. The third-order valence-corrected chi connectivity index (χ3v) is 4.65. The number of benzene rings is 3. The van der Waals surface area contributed by atoms with Crippen LogP contribution in [0.5, 0.6) is 23.0 Å². The monoisotopic (exact) mass is 392 g/mol. The van der Waals surface area contributed by atoms with Crippen LogP contribution in [0.2, 0.25) is 0 Å². The lowest BCUT2D eigenvalue weighted by molar-refractivity contribution is 0.0823. The molecule has 0 saturated heterocycles. The van der Waals surface area contributed by atoms with Crippen molar-refractivity contribution < 1.29 is 19.3 Å². The molecule has 29 heavy (non-hydrogen) atoms. The number of phenols is 1. The second-order valence-corrected chi connectivity index (χ2v) is 7.55. The summed E-state index contributed by atoms with van der Waals surface area (Å²) in [4.78, 5) is 0. The molecule has 3 rings (SSSR count). The maximum absolute atomic E-state index is 10.2. The second kappa shape index (κ2) is 9.48. The van der Waals surface area contributed by atoms with Gasteiger partial charge in [-0.2, -0.15) is 0 Å². The van der Waals surface area contributed by atoms with Crippen molar-refractivity contribution in [1.29, 1.82) is 0 Å². The number of aromatic hydroxyl groups is 1. The van der Waals surface area contributed by atoms with Crippen molar-refractivity contribution in [1.82, 2.24) is 0 Å². The Labute approximate surface area is 172 Å². The van der Waals surface area contributed by atoms with Crippen molar-refractivity contribution in [2.45, 2.75) is 32.8 Å². The van der Waals surface area contributed by atoms with Crippen LogP contribution in [0.15, 0.2) is 72.8 Å². The van der Waals surface area contributed by atoms with Crippen molar-refractivity contribution in [3.8, 4) is 23.0 Å². The first-order valence-electron chi connectivity index (χ1n) is 9.84. The molecule has 3 aromatic rings. The molecule has 0 spiro atoms. The van der Waals surface area contributed by atoms with E-state index < -0.39 is 0 Å². The number of ether oxygens (including phenoxy) is 3. The molecule has 0 aliphatic carbocycles. The zero-order valence-corrected chi connectivity index (χ0v) is 17.2. The van der Waals surface area contributed by atoms with Crippen LogP contribution in [0.1, 0.15) is 31.9 Å².